The molecule has 0 spiro atoms. The summed E-state index contributed by atoms with van der Waals surface area (Å²) in [5, 5.41) is 9.63. The number of aromatic nitrogens is 3. The monoisotopic (exact) mass is 242 g/mol. The Morgan fingerprint density at radius 2 is 2.39 bits per heavy atom. The summed E-state index contributed by atoms with van der Waals surface area (Å²) >= 11 is 0. The van der Waals surface area contributed by atoms with Crippen molar-refractivity contribution in [3.05, 3.63) is 48.3 Å². The van der Waals surface area contributed by atoms with Gasteiger partial charge >= 0.3 is 0 Å². The number of benzene rings is 1. The second-order valence-corrected chi connectivity index (χ2v) is 3.87. The molecule has 0 fully saturated rings. The van der Waals surface area contributed by atoms with Crippen LogP contribution < -0.4 is 5.32 Å². The lowest BCUT2D eigenvalue weighted by molar-refractivity contribution is -0.116. The molecule has 0 bridgehead atoms. The van der Waals surface area contributed by atoms with Crippen molar-refractivity contribution in [3.8, 4) is 11.4 Å². The van der Waals surface area contributed by atoms with Crippen LogP contribution in [0.25, 0.3) is 11.4 Å². The van der Waals surface area contributed by atoms with Gasteiger partial charge in [0.2, 0.25) is 5.91 Å². The smallest absolute Gasteiger partial charge is 0.243 e. The third kappa shape index (κ3) is 2.82. The minimum absolute atomic E-state index is 0.186. The first-order chi connectivity index (χ1) is 8.69. The Morgan fingerprint density at radius 1 is 1.56 bits per heavy atom. The van der Waals surface area contributed by atoms with Crippen LogP contribution >= 0.6 is 0 Å². The molecule has 2 aromatic rings. The lowest BCUT2D eigenvalue weighted by atomic mass is 10.1. The summed E-state index contributed by atoms with van der Waals surface area (Å²) in [4.78, 5) is 15.3. The van der Waals surface area contributed by atoms with Gasteiger partial charge in [0.15, 0.2) is 5.82 Å². The average Bonchev–Trinajstić information content (AvgIpc) is 2.83. The van der Waals surface area contributed by atoms with Crippen LogP contribution in [0.1, 0.15) is 11.4 Å². The molecule has 0 unspecified atom stereocenters. The van der Waals surface area contributed by atoms with Gasteiger partial charge in [-0.25, -0.2) is 4.98 Å². The normalized spacial score (nSPS) is 10.1. The predicted octanol–water partition coefficient (Wildman–Crippen LogP) is 1.58. The van der Waals surface area contributed by atoms with Crippen molar-refractivity contribution in [2.24, 2.45) is 0 Å². The highest BCUT2D eigenvalue weighted by Crippen LogP contribution is 2.16. The number of amides is 1. The summed E-state index contributed by atoms with van der Waals surface area (Å²) in [6.45, 7) is 5.72. The number of H-pyrrole nitrogens is 1. The molecule has 5 nitrogen and oxygen atoms in total. The molecule has 0 radical (unpaired) electrons. The van der Waals surface area contributed by atoms with E-state index in [4.69, 9.17) is 0 Å². The molecule has 1 aromatic heterocycles. The molecular formula is C13H14N4O. The molecule has 2 rings (SSSR count). The van der Waals surface area contributed by atoms with Crippen LogP contribution in [0, 0.1) is 6.92 Å². The lowest BCUT2D eigenvalue weighted by Gasteiger charge is -2.03. The van der Waals surface area contributed by atoms with Gasteiger partial charge in [0.25, 0.3) is 0 Å². The molecule has 18 heavy (non-hydrogen) atoms. The maximum Gasteiger partial charge on any atom is 0.243 e. The zero-order chi connectivity index (χ0) is 13.0. The van der Waals surface area contributed by atoms with Gasteiger partial charge in [-0.1, -0.05) is 24.8 Å². The fourth-order valence-electron chi connectivity index (χ4n) is 1.55. The van der Waals surface area contributed by atoms with Crippen molar-refractivity contribution >= 4 is 5.91 Å². The largest absolute Gasteiger partial charge is 0.348 e. The van der Waals surface area contributed by atoms with Crippen molar-refractivity contribution in [3.63, 3.8) is 0 Å². The quantitative estimate of drug-likeness (QED) is 0.800. The number of aryl methyl sites for hydroxylation is 1. The molecule has 0 saturated carbocycles. The lowest BCUT2D eigenvalue weighted by Crippen LogP contribution is -2.19. The fourth-order valence-corrected chi connectivity index (χ4v) is 1.55. The molecule has 1 amide bonds. The van der Waals surface area contributed by atoms with Gasteiger partial charge in [-0.15, -0.1) is 0 Å². The average molecular weight is 242 g/mol. The second kappa shape index (κ2) is 5.27. The zero-order valence-corrected chi connectivity index (χ0v) is 10.1. The number of carbonyl (C=O) groups excluding carboxylic acids is 1. The third-order valence-corrected chi connectivity index (χ3v) is 2.43. The summed E-state index contributed by atoms with van der Waals surface area (Å²) < 4.78 is 0. The van der Waals surface area contributed by atoms with Gasteiger partial charge in [0.1, 0.15) is 5.82 Å². The zero-order valence-electron chi connectivity index (χ0n) is 10.1. The minimum Gasteiger partial charge on any atom is -0.348 e. The molecule has 1 aromatic carbocycles. The Kier molecular flexibility index (Phi) is 3.52. The number of rotatable bonds is 4. The highest BCUT2D eigenvalue weighted by Gasteiger charge is 2.04. The Bertz CT molecular complexity index is 574. The van der Waals surface area contributed by atoms with E-state index in [-0.39, 0.29) is 5.91 Å². The summed E-state index contributed by atoms with van der Waals surface area (Å²) in [5.41, 5.74) is 1.91. The van der Waals surface area contributed by atoms with E-state index < -0.39 is 0 Å². The topological polar surface area (TPSA) is 70.7 Å². The molecule has 0 atom stereocenters. The van der Waals surface area contributed by atoms with Gasteiger partial charge in [-0.2, -0.15) is 5.10 Å². The summed E-state index contributed by atoms with van der Waals surface area (Å²) in [5.74, 6) is 1.24. The van der Waals surface area contributed by atoms with Gasteiger partial charge < -0.3 is 5.32 Å². The first-order valence-corrected chi connectivity index (χ1v) is 5.57. The number of hydrogen-bond acceptors (Lipinski definition) is 3. The van der Waals surface area contributed by atoms with E-state index in [1.165, 1.54) is 6.08 Å². The molecular weight excluding hydrogens is 228 g/mol. The third-order valence-electron chi connectivity index (χ3n) is 2.43. The van der Waals surface area contributed by atoms with Gasteiger partial charge in [0.05, 0.1) is 0 Å². The maximum absolute atomic E-state index is 11.1. The standard InChI is InChI=1S/C13H14N4O/c1-3-12(18)14-8-10-5-4-6-11(7-10)13-15-9(2)16-17-13/h3-7H,1,8H2,2H3,(H,14,18)(H,15,16,17). The molecule has 0 aliphatic carbocycles. The van der Waals surface area contributed by atoms with E-state index in [1.54, 1.807) is 0 Å². The Labute approximate surface area is 105 Å². The first-order valence-electron chi connectivity index (χ1n) is 5.57. The van der Waals surface area contributed by atoms with Crippen molar-refractivity contribution in [2.45, 2.75) is 13.5 Å². The van der Waals surface area contributed by atoms with Gasteiger partial charge in [-0.05, 0) is 24.6 Å². The van der Waals surface area contributed by atoms with E-state index in [0.29, 0.717) is 12.4 Å². The van der Waals surface area contributed by atoms with Crippen LogP contribution in [0.3, 0.4) is 0 Å². The SMILES string of the molecule is C=CC(=O)NCc1cccc(-c2n[nH]c(C)n2)c1. The van der Waals surface area contributed by atoms with E-state index in [2.05, 4.69) is 27.1 Å². The Hall–Kier alpha value is -2.43. The van der Waals surface area contributed by atoms with E-state index in [1.807, 2.05) is 31.2 Å². The summed E-state index contributed by atoms with van der Waals surface area (Å²) in [6.07, 6.45) is 1.25. The molecule has 5 heteroatoms. The highest BCUT2D eigenvalue weighted by molar-refractivity contribution is 5.86. The molecule has 0 saturated heterocycles. The van der Waals surface area contributed by atoms with Crippen molar-refractivity contribution < 1.29 is 4.79 Å². The first kappa shape index (κ1) is 12.0. The van der Waals surface area contributed by atoms with Crippen LogP contribution in [-0.2, 0) is 11.3 Å². The van der Waals surface area contributed by atoms with Gasteiger partial charge in [0, 0.05) is 12.1 Å². The second-order valence-electron chi connectivity index (χ2n) is 3.87. The van der Waals surface area contributed by atoms with E-state index in [9.17, 15) is 4.79 Å². The van der Waals surface area contributed by atoms with Crippen molar-refractivity contribution in [1.29, 1.82) is 0 Å². The summed E-state index contributed by atoms with van der Waals surface area (Å²) in [7, 11) is 0. The van der Waals surface area contributed by atoms with Crippen molar-refractivity contribution in [1.82, 2.24) is 20.5 Å². The number of carbonyl (C=O) groups is 1. The van der Waals surface area contributed by atoms with Crippen LogP contribution in [0.5, 0.6) is 0 Å². The minimum atomic E-state index is -0.186. The van der Waals surface area contributed by atoms with Crippen molar-refractivity contribution in [2.75, 3.05) is 0 Å². The van der Waals surface area contributed by atoms with Gasteiger partial charge in [-0.3, -0.25) is 9.89 Å². The molecule has 92 valence electrons. The summed E-state index contributed by atoms with van der Waals surface area (Å²) in [6, 6.07) is 7.73. The molecule has 0 aliphatic heterocycles. The van der Waals surface area contributed by atoms with Crippen LogP contribution in [-0.4, -0.2) is 21.1 Å². The Morgan fingerprint density at radius 3 is 3.06 bits per heavy atom. The van der Waals surface area contributed by atoms with Crippen LogP contribution in [0.2, 0.25) is 0 Å². The molecule has 0 aliphatic rings. The fraction of sp³-hybridized carbons (Fsp3) is 0.154. The van der Waals surface area contributed by atoms with E-state index >= 15 is 0 Å². The Balaban J connectivity index is 2.15. The van der Waals surface area contributed by atoms with Crippen LogP contribution in [0.15, 0.2) is 36.9 Å². The number of aromatic amines is 1. The van der Waals surface area contributed by atoms with E-state index in [0.717, 1.165) is 17.0 Å². The highest BCUT2D eigenvalue weighted by atomic mass is 16.1. The predicted molar refractivity (Wildman–Crippen MR) is 68.6 cm³/mol. The molecule has 2 N–H and O–H groups in total. The van der Waals surface area contributed by atoms with Crippen LogP contribution in [0.4, 0.5) is 0 Å². The maximum atomic E-state index is 11.1. The number of nitrogens with one attached hydrogen (secondary N) is 2. The molecule has 1 heterocycles. The number of hydrogen-bond donors (Lipinski definition) is 2. The number of nitrogens with zero attached hydrogens (tertiary/aromatic N) is 2.